The van der Waals surface area contributed by atoms with E-state index in [0.717, 1.165) is 127 Å². The molecule has 14 atom stereocenters. The Morgan fingerprint density at radius 3 is 1.34 bits per heavy atom. The van der Waals surface area contributed by atoms with Crippen LogP contribution < -0.4 is 0 Å². The fourth-order valence-electron chi connectivity index (χ4n) is 16.6. The van der Waals surface area contributed by atoms with Crippen molar-refractivity contribution in [1.82, 2.24) is 9.80 Å². The molecule has 0 spiro atoms. The van der Waals surface area contributed by atoms with Crippen molar-refractivity contribution in [3.05, 3.63) is 12.2 Å². The summed E-state index contributed by atoms with van der Waals surface area (Å²) in [7, 11) is 0. The van der Waals surface area contributed by atoms with Gasteiger partial charge in [0.1, 0.15) is 23.1 Å². The summed E-state index contributed by atoms with van der Waals surface area (Å²) < 4.78 is 0. The van der Waals surface area contributed by atoms with E-state index in [0.29, 0.717) is 61.7 Å². The molecular formula is C50H68N4O8. The van der Waals surface area contributed by atoms with E-state index in [1.807, 2.05) is 0 Å². The molecule has 10 fully saturated rings. The van der Waals surface area contributed by atoms with E-state index in [-0.39, 0.29) is 59.4 Å². The lowest BCUT2D eigenvalue weighted by Crippen LogP contribution is -2.61. The van der Waals surface area contributed by atoms with Crippen LogP contribution >= 0.6 is 0 Å². The van der Waals surface area contributed by atoms with Gasteiger partial charge in [-0.15, -0.1) is 0 Å². The van der Waals surface area contributed by atoms with E-state index in [1.165, 1.54) is 0 Å². The molecule has 0 aromatic heterocycles. The van der Waals surface area contributed by atoms with Crippen molar-refractivity contribution in [2.75, 3.05) is 26.2 Å². The first-order valence-corrected chi connectivity index (χ1v) is 24.5. The van der Waals surface area contributed by atoms with Gasteiger partial charge in [-0.2, -0.15) is 0 Å². The first kappa shape index (κ1) is 42.6. The van der Waals surface area contributed by atoms with Gasteiger partial charge >= 0.3 is 11.9 Å². The molecule has 12 heteroatoms. The van der Waals surface area contributed by atoms with Gasteiger partial charge in [0.15, 0.2) is 0 Å². The van der Waals surface area contributed by atoms with Crippen molar-refractivity contribution in [3.8, 4) is 0 Å². The quantitative estimate of drug-likeness (QED) is 0.154. The maximum atomic E-state index is 14.1. The minimum Gasteiger partial charge on any atom is -0.314 e. The molecule has 0 radical (unpaired) electrons. The highest BCUT2D eigenvalue weighted by molar-refractivity contribution is 5.99. The summed E-state index contributed by atoms with van der Waals surface area (Å²) in [5.74, 6) is -0.496. The molecular weight excluding hydrogens is 785 g/mol. The predicted molar refractivity (Wildman–Crippen MR) is 230 cm³/mol. The van der Waals surface area contributed by atoms with Crippen LogP contribution in [0.3, 0.4) is 0 Å². The molecule has 8 saturated carbocycles. The smallest absolute Gasteiger partial charge is 0.314 e. The highest BCUT2D eigenvalue weighted by atomic mass is 16.7. The molecule has 4 unspecified atom stereocenters. The molecule has 0 N–H and O–H groups in total. The first-order chi connectivity index (χ1) is 29.7. The Hall–Kier alpha value is -3.38. The monoisotopic (exact) mass is 853 g/mol. The summed E-state index contributed by atoms with van der Waals surface area (Å²) in [6.07, 6.45) is 16.4. The van der Waals surface area contributed by atoms with Gasteiger partial charge in [0.2, 0.25) is 0 Å². The molecule has 2 heterocycles. The minimum atomic E-state index is -0.782. The van der Waals surface area contributed by atoms with Crippen LogP contribution in [0.2, 0.25) is 0 Å². The number of ketones is 4. The maximum Gasteiger partial charge on any atom is 0.358 e. The van der Waals surface area contributed by atoms with Gasteiger partial charge in [-0.05, 0) is 139 Å². The zero-order chi connectivity index (χ0) is 43.3. The van der Waals surface area contributed by atoms with Crippen molar-refractivity contribution >= 4 is 46.5 Å². The van der Waals surface area contributed by atoms with Crippen LogP contribution in [-0.2, 0) is 38.4 Å². The van der Waals surface area contributed by atoms with Crippen LogP contribution in [0, 0.1) is 69.0 Å². The lowest BCUT2D eigenvalue weighted by Gasteiger charge is -2.59. The van der Waals surface area contributed by atoms with Crippen molar-refractivity contribution in [1.29, 1.82) is 0 Å². The topological polar surface area (TPSA) is 152 Å². The van der Waals surface area contributed by atoms with E-state index < -0.39 is 33.6 Å². The standard InChI is InChI=1S/C50H68N4O8/c1-47-17-15-35-45(33(47)9-11-41(47)57)37(55)25-29-23-31(53-19-5-6-20-53)27-39(49(29,35)3)51-61-43(59)13-14-44(60)62-52-40-28-32(54-21-7-8-22-54)24-30-26-38(56)46-34-10-12-42(58)48(34,2)18-16-36(46)50(30,40)4/h13-14,29-36,45-46H,5-12,15-28H2,1-4H3/b14-13+,51-39?,52-40?/t29?,30?,31?,32?,33-,34-,35+,36+,45-,46-,47-,48-,49-,50-/m0/s1. The number of Topliss-reactive ketones (excluding diaryl/α,β-unsaturated/α-hetero) is 4. The zero-order valence-electron chi connectivity index (χ0n) is 37.5. The molecule has 0 aromatic rings. The predicted octanol–water partition coefficient (Wildman–Crippen LogP) is 7.07. The summed E-state index contributed by atoms with van der Waals surface area (Å²) in [6.45, 7) is 12.7. The van der Waals surface area contributed by atoms with Crippen molar-refractivity contribution in [2.24, 2.45) is 79.3 Å². The maximum absolute atomic E-state index is 14.1. The highest BCUT2D eigenvalue weighted by Gasteiger charge is 2.66. The van der Waals surface area contributed by atoms with E-state index >= 15 is 0 Å². The number of carbonyl (C=O) groups is 6. The molecule has 10 aliphatic rings. The van der Waals surface area contributed by atoms with Crippen LogP contribution in [0.15, 0.2) is 22.5 Å². The Morgan fingerprint density at radius 2 is 0.952 bits per heavy atom. The van der Waals surface area contributed by atoms with Crippen LogP contribution in [-0.4, -0.2) is 94.6 Å². The number of fused-ring (bicyclic) bond motifs is 10. The first-order valence-electron chi connectivity index (χ1n) is 24.5. The zero-order valence-corrected chi connectivity index (χ0v) is 37.5. The number of hydrogen-bond acceptors (Lipinski definition) is 12. The largest absolute Gasteiger partial charge is 0.358 e. The SMILES string of the molecule is C[C@]12C(=NOC(=O)/C=C/C(=O)ON=C3CC(N4CCCC4)CC4CC(=O)[C@@H]5[C@@H](CC[C@]6(C)C(=O)CC[C@@H]56)[C@@]34C)CC(N3CCCC3)CC1CC(=O)[C@@H]1[C@H]2CC[C@]2(C)C(=O)CC[C@@H]12. The highest BCUT2D eigenvalue weighted by Crippen LogP contribution is 2.66. The number of rotatable bonds is 6. The van der Waals surface area contributed by atoms with Gasteiger partial charge in [0.25, 0.3) is 0 Å². The lowest BCUT2D eigenvalue weighted by atomic mass is 9.44. The summed E-state index contributed by atoms with van der Waals surface area (Å²) >= 11 is 0. The van der Waals surface area contributed by atoms with Crippen LogP contribution in [0.25, 0.3) is 0 Å². The fourth-order valence-corrected chi connectivity index (χ4v) is 16.6. The molecule has 8 aliphatic carbocycles. The van der Waals surface area contributed by atoms with Crippen LogP contribution in [0.1, 0.15) is 143 Å². The van der Waals surface area contributed by atoms with Gasteiger partial charge in [-0.1, -0.05) is 38.0 Å². The van der Waals surface area contributed by atoms with E-state index in [2.05, 4.69) is 47.8 Å². The molecule has 0 amide bonds. The number of carbonyl (C=O) groups excluding carboxylic acids is 6. The second-order valence-corrected chi connectivity index (χ2v) is 22.5. The lowest BCUT2D eigenvalue weighted by molar-refractivity contribution is -0.151. The van der Waals surface area contributed by atoms with E-state index in [1.54, 1.807) is 0 Å². The number of oxime groups is 2. The summed E-state index contributed by atoms with van der Waals surface area (Å²) in [4.78, 5) is 97.5. The average molecular weight is 853 g/mol. The number of hydrogen-bond donors (Lipinski definition) is 0. The second kappa shape index (κ2) is 15.7. The molecule has 62 heavy (non-hydrogen) atoms. The van der Waals surface area contributed by atoms with Crippen molar-refractivity contribution in [3.63, 3.8) is 0 Å². The second-order valence-electron chi connectivity index (χ2n) is 22.5. The summed E-state index contributed by atoms with van der Waals surface area (Å²) in [5, 5.41) is 9.29. The average Bonchev–Trinajstić information content (AvgIpc) is 4.08. The van der Waals surface area contributed by atoms with Gasteiger partial charge in [0.05, 0.1) is 11.4 Å². The third-order valence-corrected chi connectivity index (χ3v) is 20.2. The Bertz CT molecular complexity index is 1880. The van der Waals surface area contributed by atoms with Crippen LogP contribution in [0.4, 0.5) is 0 Å². The third-order valence-electron chi connectivity index (χ3n) is 20.2. The van der Waals surface area contributed by atoms with Gasteiger partial charge < -0.3 is 9.68 Å². The molecule has 0 aromatic carbocycles. The van der Waals surface area contributed by atoms with Crippen molar-refractivity contribution < 1.29 is 38.4 Å². The van der Waals surface area contributed by atoms with E-state index in [9.17, 15) is 28.8 Å². The number of nitrogens with zero attached hydrogens (tertiary/aromatic N) is 4. The molecule has 10 rings (SSSR count). The van der Waals surface area contributed by atoms with Gasteiger partial charge in [-0.3, -0.25) is 29.0 Å². The fraction of sp³-hybridized carbons (Fsp3) is 0.800. The molecule has 12 nitrogen and oxygen atoms in total. The molecule has 0 bridgehead atoms. The Kier molecular flexibility index (Phi) is 10.7. The van der Waals surface area contributed by atoms with Crippen molar-refractivity contribution in [2.45, 2.75) is 155 Å². The molecule has 2 aliphatic heterocycles. The van der Waals surface area contributed by atoms with E-state index in [4.69, 9.17) is 9.68 Å². The Balaban J connectivity index is 0.874. The summed E-state index contributed by atoms with van der Waals surface area (Å²) in [6, 6.07) is 0.429. The molecule has 2 saturated heterocycles. The third kappa shape index (κ3) is 6.54. The Labute approximate surface area is 366 Å². The Morgan fingerprint density at radius 1 is 0.565 bits per heavy atom. The number of likely N-dealkylation sites (tertiary alicyclic amines) is 2. The molecule has 336 valence electrons. The van der Waals surface area contributed by atoms with Gasteiger partial charge in [-0.25, -0.2) is 9.59 Å². The minimum absolute atomic E-state index is 0.0296. The van der Waals surface area contributed by atoms with Gasteiger partial charge in [0, 0.05) is 96.3 Å². The van der Waals surface area contributed by atoms with Crippen LogP contribution in [0.5, 0.6) is 0 Å². The normalized spacial score (nSPS) is 47.0. The summed E-state index contributed by atoms with van der Waals surface area (Å²) in [5.41, 5.74) is -0.152.